The van der Waals surface area contributed by atoms with Gasteiger partial charge in [0, 0.05) is 34.5 Å². The van der Waals surface area contributed by atoms with E-state index in [0.29, 0.717) is 5.75 Å². The molecule has 0 radical (unpaired) electrons. The van der Waals surface area contributed by atoms with Crippen LogP contribution in [0.4, 0.5) is 10.5 Å². The fourth-order valence-electron chi connectivity index (χ4n) is 2.04. The summed E-state index contributed by atoms with van der Waals surface area (Å²) >= 11 is 0. The van der Waals surface area contributed by atoms with Gasteiger partial charge in [-0.05, 0) is 37.0 Å². The Bertz CT molecular complexity index is 489. The lowest BCUT2D eigenvalue weighted by molar-refractivity contribution is 0.250. The smallest absolute Gasteiger partial charge is 0.319 e. The molecule has 0 aliphatic rings. The van der Waals surface area contributed by atoms with Crippen LogP contribution in [0.2, 0.25) is 0 Å². The summed E-state index contributed by atoms with van der Waals surface area (Å²) in [6.45, 7) is 6.00. The van der Waals surface area contributed by atoms with Crippen LogP contribution < -0.4 is 10.6 Å². The third-order valence-electron chi connectivity index (χ3n) is 3.07. The maximum atomic E-state index is 12.0. The highest BCUT2D eigenvalue weighted by atomic mass is 32.2. The van der Waals surface area contributed by atoms with Crippen molar-refractivity contribution in [1.82, 2.24) is 5.32 Å². The van der Waals surface area contributed by atoms with Crippen LogP contribution in [0.15, 0.2) is 18.2 Å². The summed E-state index contributed by atoms with van der Waals surface area (Å²) in [7, 11) is -0.912. The summed E-state index contributed by atoms with van der Waals surface area (Å²) in [5.41, 5.74) is 3.17. The molecule has 0 saturated carbocycles. The number of carbonyl (C=O) groups excluding carboxylic acids is 1. The highest BCUT2D eigenvalue weighted by Gasteiger charge is 2.10. The molecule has 0 heterocycles. The number of hydrogen-bond acceptors (Lipinski definition) is 2. The fraction of sp³-hybridized carbons (Fsp3) is 0.533. The first-order valence-corrected chi connectivity index (χ1v) is 8.68. The Hall–Kier alpha value is -1.36. The van der Waals surface area contributed by atoms with E-state index in [2.05, 4.69) is 36.6 Å². The summed E-state index contributed by atoms with van der Waals surface area (Å²) < 4.78 is 11.1. The molecule has 0 unspecified atom stereocenters. The molecule has 2 amide bonds. The Morgan fingerprint density at radius 2 is 2.00 bits per heavy atom. The summed E-state index contributed by atoms with van der Waals surface area (Å²) in [6.07, 6.45) is 3.44. The van der Waals surface area contributed by atoms with Crippen LogP contribution in [0, 0.1) is 0 Å². The van der Waals surface area contributed by atoms with Crippen LogP contribution in [-0.4, -0.2) is 28.3 Å². The molecule has 0 aliphatic heterocycles. The SMILES string of the molecule is CCc1ccc(CC)c(NC(=O)N[C@H](C)C[S@](C)=O)c1. The zero-order chi connectivity index (χ0) is 15.1. The molecule has 1 aromatic rings. The first-order valence-electron chi connectivity index (χ1n) is 6.95. The van der Waals surface area contributed by atoms with E-state index in [0.717, 1.165) is 24.1 Å². The van der Waals surface area contributed by atoms with Crippen LogP contribution in [0.25, 0.3) is 0 Å². The maximum absolute atomic E-state index is 12.0. The van der Waals surface area contributed by atoms with Gasteiger partial charge in [-0.3, -0.25) is 4.21 Å². The van der Waals surface area contributed by atoms with Gasteiger partial charge in [0.1, 0.15) is 0 Å². The van der Waals surface area contributed by atoms with Crippen molar-refractivity contribution >= 4 is 22.5 Å². The second-order valence-electron chi connectivity index (χ2n) is 4.94. The Morgan fingerprint density at radius 1 is 1.30 bits per heavy atom. The van der Waals surface area contributed by atoms with E-state index in [9.17, 15) is 9.00 Å². The van der Waals surface area contributed by atoms with Crippen LogP contribution >= 0.6 is 0 Å². The van der Waals surface area contributed by atoms with Crippen molar-refractivity contribution in [2.45, 2.75) is 39.7 Å². The molecule has 4 nitrogen and oxygen atoms in total. The highest BCUT2D eigenvalue weighted by Crippen LogP contribution is 2.19. The Balaban J connectivity index is 2.71. The maximum Gasteiger partial charge on any atom is 0.319 e. The quantitative estimate of drug-likeness (QED) is 0.848. The molecule has 2 atom stereocenters. The van der Waals surface area contributed by atoms with E-state index >= 15 is 0 Å². The van der Waals surface area contributed by atoms with Gasteiger partial charge in [-0.2, -0.15) is 0 Å². The second kappa shape index (κ2) is 8.04. The first kappa shape index (κ1) is 16.7. The van der Waals surface area contributed by atoms with Crippen molar-refractivity contribution in [1.29, 1.82) is 0 Å². The topological polar surface area (TPSA) is 58.2 Å². The number of aryl methyl sites for hydroxylation is 2. The number of rotatable bonds is 6. The molecule has 0 fully saturated rings. The number of benzene rings is 1. The molecule has 112 valence electrons. The predicted molar refractivity (Wildman–Crippen MR) is 85.7 cm³/mol. The third-order valence-corrected chi connectivity index (χ3v) is 4.04. The van der Waals surface area contributed by atoms with Crippen molar-refractivity contribution in [3.05, 3.63) is 29.3 Å². The minimum absolute atomic E-state index is 0.111. The van der Waals surface area contributed by atoms with E-state index in [1.165, 1.54) is 5.56 Å². The van der Waals surface area contributed by atoms with Gasteiger partial charge in [-0.15, -0.1) is 0 Å². The van der Waals surface area contributed by atoms with Gasteiger partial charge in [0.25, 0.3) is 0 Å². The minimum atomic E-state index is -0.912. The van der Waals surface area contributed by atoms with Crippen LogP contribution in [0.5, 0.6) is 0 Å². The molecular weight excluding hydrogens is 272 g/mol. The van der Waals surface area contributed by atoms with E-state index in [-0.39, 0.29) is 12.1 Å². The highest BCUT2D eigenvalue weighted by molar-refractivity contribution is 7.84. The average Bonchev–Trinajstić information content (AvgIpc) is 2.37. The predicted octanol–water partition coefficient (Wildman–Crippen LogP) is 2.70. The lowest BCUT2D eigenvalue weighted by Crippen LogP contribution is -2.39. The van der Waals surface area contributed by atoms with E-state index in [1.807, 2.05) is 13.0 Å². The Labute approximate surface area is 123 Å². The zero-order valence-corrected chi connectivity index (χ0v) is 13.5. The second-order valence-corrected chi connectivity index (χ2v) is 6.42. The molecule has 2 N–H and O–H groups in total. The van der Waals surface area contributed by atoms with Crippen molar-refractivity contribution < 1.29 is 9.00 Å². The van der Waals surface area contributed by atoms with Gasteiger partial charge >= 0.3 is 6.03 Å². The normalized spacial score (nSPS) is 13.6. The molecule has 5 heteroatoms. The van der Waals surface area contributed by atoms with Crippen molar-refractivity contribution in [2.24, 2.45) is 0 Å². The molecule has 0 spiro atoms. The number of carbonyl (C=O) groups is 1. The van der Waals surface area contributed by atoms with Crippen LogP contribution in [0.1, 0.15) is 31.9 Å². The van der Waals surface area contributed by atoms with Gasteiger partial charge < -0.3 is 10.6 Å². The van der Waals surface area contributed by atoms with Crippen LogP contribution in [-0.2, 0) is 23.6 Å². The molecule has 1 rings (SSSR count). The minimum Gasteiger partial charge on any atom is -0.334 e. The molecule has 1 aromatic carbocycles. The van der Waals surface area contributed by atoms with Crippen molar-refractivity contribution in [2.75, 3.05) is 17.3 Å². The van der Waals surface area contributed by atoms with Gasteiger partial charge in [-0.25, -0.2) is 4.79 Å². The molecule has 0 aromatic heterocycles. The monoisotopic (exact) mass is 296 g/mol. The van der Waals surface area contributed by atoms with Gasteiger partial charge in [0.15, 0.2) is 0 Å². The molecule has 0 aliphatic carbocycles. The number of amides is 2. The lowest BCUT2D eigenvalue weighted by Gasteiger charge is -2.15. The van der Waals surface area contributed by atoms with E-state index in [4.69, 9.17) is 0 Å². The lowest BCUT2D eigenvalue weighted by atomic mass is 10.1. The Morgan fingerprint density at radius 3 is 2.55 bits per heavy atom. The summed E-state index contributed by atoms with van der Waals surface area (Å²) in [6, 6.07) is 5.80. The molecule has 0 saturated heterocycles. The van der Waals surface area contributed by atoms with Gasteiger partial charge in [0.2, 0.25) is 0 Å². The largest absolute Gasteiger partial charge is 0.334 e. The number of urea groups is 1. The van der Waals surface area contributed by atoms with E-state index in [1.54, 1.807) is 6.26 Å². The first-order chi connectivity index (χ1) is 9.46. The van der Waals surface area contributed by atoms with E-state index < -0.39 is 10.8 Å². The standard InChI is InChI=1S/C15H24N2O2S/c1-5-12-7-8-13(6-2)14(9-12)17-15(18)16-11(3)10-20(4)19/h7-9,11H,5-6,10H2,1-4H3,(H2,16,17,18)/t11-,20+/m1/s1. The summed E-state index contributed by atoms with van der Waals surface area (Å²) in [4.78, 5) is 12.0. The molecule has 20 heavy (non-hydrogen) atoms. The van der Waals surface area contributed by atoms with Crippen molar-refractivity contribution in [3.63, 3.8) is 0 Å². The number of hydrogen-bond donors (Lipinski definition) is 2. The van der Waals surface area contributed by atoms with Gasteiger partial charge in [-0.1, -0.05) is 26.0 Å². The third kappa shape index (κ3) is 5.33. The summed E-state index contributed by atoms with van der Waals surface area (Å²) in [5, 5.41) is 5.70. The van der Waals surface area contributed by atoms with Gasteiger partial charge in [0.05, 0.1) is 0 Å². The Kier molecular flexibility index (Phi) is 6.71. The molecular formula is C15H24N2O2S. The average molecular weight is 296 g/mol. The van der Waals surface area contributed by atoms with Crippen molar-refractivity contribution in [3.8, 4) is 0 Å². The molecule has 0 bridgehead atoms. The summed E-state index contributed by atoms with van der Waals surface area (Å²) in [5.74, 6) is 0.461. The number of nitrogens with one attached hydrogen (secondary N) is 2. The van der Waals surface area contributed by atoms with Crippen LogP contribution in [0.3, 0.4) is 0 Å². The fourth-order valence-corrected chi connectivity index (χ4v) is 2.83. The number of anilines is 1. The zero-order valence-electron chi connectivity index (χ0n) is 12.7.